The van der Waals surface area contributed by atoms with Crippen LogP contribution in [0.25, 0.3) is 0 Å². The van der Waals surface area contributed by atoms with Crippen molar-refractivity contribution in [1.29, 1.82) is 0 Å². The van der Waals surface area contributed by atoms with E-state index in [0.29, 0.717) is 46.2 Å². The summed E-state index contributed by atoms with van der Waals surface area (Å²) < 4.78 is 11.5. The van der Waals surface area contributed by atoms with E-state index in [0.717, 1.165) is 25.9 Å². The van der Waals surface area contributed by atoms with Crippen molar-refractivity contribution < 1.29 is 14.3 Å². The zero-order valence-corrected chi connectivity index (χ0v) is 19.7. The second-order valence-electron chi connectivity index (χ2n) is 7.83. The fraction of sp³-hybridized carbons (Fsp3) is 0.348. The third kappa shape index (κ3) is 5.47. The summed E-state index contributed by atoms with van der Waals surface area (Å²) in [5.74, 6) is -0.209. The van der Waals surface area contributed by atoms with Gasteiger partial charge in [-0.25, -0.2) is 4.98 Å². The molecule has 0 radical (unpaired) electrons. The Bertz CT molecular complexity index is 1070. The maximum atomic E-state index is 12.8. The Morgan fingerprint density at radius 1 is 1.21 bits per heavy atom. The highest BCUT2D eigenvalue weighted by Gasteiger charge is 2.40. The lowest BCUT2D eigenvalue weighted by molar-refractivity contribution is -0.169. The van der Waals surface area contributed by atoms with Crippen LogP contribution in [0.4, 0.5) is 17.2 Å². The molecule has 1 spiro atoms. The number of nitrogens with two attached hydrogens (primary N) is 1. The van der Waals surface area contributed by atoms with Gasteiger partial charge in [-0.3, -0.25) is 9.79 Å². The summed E-state index contributed by atoms with van der Waals surface area (Å²) in [6.07, 6.45) is 4.30. The van der Waals surface area contributed by atoms with Gasteiger partial charge in [0.1, 0.15) is 5.82 Å². The van der Waals surface area contributed by atoms with Crippen LogP contribution in [0.1, 0.15) is 19.8 Å². The van der Waals surface area contributed by atoms with Crippen molar-refractivity contribution in [2.75, 3.05) is 36.5 Å². The first-order valence-corrected chi connectivity index (χ1v) is 11.4. The zero-order valence-electron chi connectivity index (χ0n) is 18.2. The molecule has 1 aromatic carbocycles. The van der Waals surface area contributed by atoms with Gasteiger partial charge in [-0.05, 0) is 37.3 Å². The SMILES string of the molecule is CC(=Nc1ccc(Cl)cc1)C(=CN)C(=O)Nc1cnc(N2CCC3(CC2)OCCO3)c(Cl)c1. The van der Waals surface area contributed by atoms with Gasteiger partial charge in [0.2, 0.25) is 0 Å². The largest absolute Gasteiger partial charge is 0.404 e. The number of aromatic nitrogens is 1. The van der Waals surface area contributed by atoms with Crippen molar-refractivity contribution >= 4 is 52.0 Å². The summed E-state index contributed by atoms with van der Waals surface area (Å²) in [4.78, 5) is 23.8. The molecular weight excluding hydrogens is 465 g/mol. The summed E-state index contributed by atoms with van der Waals surface area (Å²) >= 11 is 12.4. The number of pyridine rings is 1. The molecule has 4 rings (SSSR count). The fourth-order valence-corrected chi connectivity index (χ4v) is 4.32. The van der Waals surface area contributed by atoms with Crippen LogP contribution in [0.2, 0.25) is 10.0 Å². The Labute approximate surface area is 202 Å². The molecule has 0 unspecified atom stereocenters. The predicted octanol–water partition coefficient (Wildman–Crippen LogP) is 4.31. The van der Waals surface area contributed by atoms with Crippen molar-refractivity contribution in [2.45, 2.75) is 25.6 Å². The van der Waals surface area contributed by atoms with Crippen molar-refractivity contribution in [2.24, 2.45) is 10.7 Å². The highest BCUT2D eigenvalue weighted by molar-refractivity contribution is 6.33. The van der Waals surface area contributed by atoms with E-state index in [-0.39, 0.29) is 5.57 Å². The Morgan fingerprint density at radius 2 is 1.88 bits per heavy atom. The van der Waals surface area contributed by atoms with Crippen LogP contribution in [0.15, 0.2) is 53.3 Å². The van der Waals surface area contributed by atoms with Gasteiger partial charge in [0, 0.05) is 37.2 Å². The summed E-state index contributed by atoms with van der Waals surface area (Å²) in [6, 6.07) is 8.64. The number of ether oxygens (including phenoxy) is 2. The molecule has 1 aromatic heterocycles. The molecule has 2 aliphatic rings. The second kappa shape index (κ2) is 10.1. The van der Waals surface area contributed by atoms with E-state index >= 15 is 0 Å². The number of carbonyl (C=O) groups is 1. The fourth-order valence-electron chi connectivity index (χ4n) is 3.91. The van der Waals surface area contributed by atoms with Gasteiger partial charge in [0.15, 0.2) is 5.79 Å². The van der Waals surface area contributed by atoms with E-state index in [2.05, 4.69) is 20.2 Å². The molecule has 3 N–H and O–H groups in total. The van der Waals surface area contributed by atoms with Crippen LogP contribution in [0, 0.1) is 0 Å². The van der Waals surface area contributed by atoms with Crippen molar-refractivity contribution in [1.82, 2.24) is 4.98 Å². The number of nitrogens with zero attached hydrogens (tertiary/aromatic N) is 3. The summed E-state index contributed by atoms with van der Waals surface area (Å²) in [5.41, 5.74) is 7.54. The Morgan fingerprint density at radius 3 is 2.48 bits per heavy atom. The minimum Gasteiger partial charge on any atom is -0.404 e. The zero-order chi connectivity index (χ0) is 23.4. The average Bonchev–Trinajstić information content (AvgIpc) is 3.25. The van der Waals surface area contributed by atoms with E-state index in [9.17, 15) is 4.79 Å². The number of piperidine rings is 1. The lowest BCUT2D eigenvalue weighted by Gasteiger charge is -2.38. The number of hydrogen-bond donors (Lipinski definition) is 2. The van der Waals surface area contributed by atoms with E-state index in [1.54, 1.807) is 43.5 Å². The number of rotatable bonds is 5. The molecule has 3 heterocycles. The van der Waals surface area contributed by atoms with Gasteiger partial charge < -0.3 is 25.4 Å². The molecule has 0 saturated carbocycles. The third-order valence-corrected chi connectivity index (χ3v) is 6.17. The molecule has 174 valence electrons. The van der Waals surface area contributed by atoms with Gasteiger partial charge in [-0.2, -0.15) is 0 Å². The van der Waals surface area contributed by atoms with Gasteiger partial charge in [-0.1, -0.05) is 23.2 Å². The Hall–Kier alpha value is -2.65. The molecular formula is C23H25Cl2N5O3. The van der Waals surface area contributed by atoms with Crippen molar-refractivity contribution in [3.05, 3.63) is 58.3 Å². The van der Waals surface area contributed by atoms with Crippen LogP contribution < -0.4 is 16.0 Å². The van der Waals surface area contributed by atoms with Crippen LogP contribution >= 0.6 is 23.2 Å². The highest BCUT2D eigenvalue weighted by Crippen LogP contribution is 2.35. The number of hydrogen-bond acceptors (Lipinski definition) is 7. The number of benzene rings is 1. The Kier molecular flexibility index (Phi) is 7.19. The molecule has 0 bridgehead atoms. The van der Waals surface area contributed by atoms with E-state index in [4.69, 9.17) is 38.4 Å². The number of anilines is 2. The summed E-state index contributed by atoms with van der Waals surface area (Å²) in [7, 11) is 0. The van der Waals surface area contributed by atoms with Gasteiger partial charge in [-0.15, -0.1) is 0 Å². The first-order valence-electron chi connectivity index (χ1n) is 10.6. The minimum atomic E-state index is -0.465. The highest BCUT2D eigenvalue weighted by atomic mass is 35.5. The van der Waals surface area contributed by atoms with Crippen LogP contribution in [0.3, 0.4) is 0 Å². The smallest absolute Gasteiger partial charge is 0.259 e. The monoisotopic (exact) mass is 489 g/mol. The molecule has 2 saturated heterocycles. The number of carbonyl (C=O) groups excluding carboxylic acids is 1. The number of amides is 1. The summed E-state index contributed by atoms with van der Waals surface area (Å²) in [5, 5.41) is 3.84. The van der Waals surface area contributed by atoms with Gasteiger partial charge >= 0.3 is 0 Å². The van der Waals surface area contributed by atoms with Crippen molar-refractivity contribution in [3.8, 4) is 0 Å². The van der Waals surface area contributed by atoms with E-state index in [1.165, 1.54) is 6.20 Å². The van der Waals surface area contributed by atoms with Crippen LogP contribution in [0.5, 0.6) is 0 Å². The topological polar surface area (TPSA) is 102 Å². The molecule has 2 fully saturated rings. The third-order valence-electron chi connectivity index (χ3n) is 5.64. The molecule has 2 aliphatic heterocycles. The van der Waals surface area contributed by atoms with Crippen LogP contribution in [-0.4, -0.2) is 48.7 Å². The molecule has 33 heavy (non-hydrogen) atoms. The average molecular weight is 490 g/mol. The number of halogens is 2. The maximum absolute atomic E-state index is 12.8. The van der Waals surface area contributed by atoms with Crippen LogP contribution in [-0.2, 0) is 14.3 Å². The van der Waals surface area contributed by atoms with Gasteiger partial charge in [0.25, 0.3) is 5.91 Å². The first-order chi connectivity index (χ1) is 15.9. The molecule has 10 heteroatoms. The Balaban J connectivity index is 1.41. The maximum Gasteiger partial charge on any atom is 0.259 e. The lowest BCUT2D eigenvalue weighted by atomic mass is 10.0. The molecule has 8 nitrogen and oxygen atoms in total. The quantitative estimate of drug-likeness (QED) is 0.479. The number of nitrogens with one attached hydrogen (secondary N) is 1. The number of aliphatic imine (C=N–C) groups is 1. The van der Waals surface area contributed by atoms with E-state index in [1.807, 2.05) is 0 Å². The second-order valence-corrected chi connectivity index (χ2v) is 8.68. The molecule has 2 aromatic rings. The molecule has 0 atom stereocenters. The normalized spacial score (nSPS) is 18.6. The standard InChI is InChI=1S/C23H25Cl2N5O3/c1-15(28-17-4-2-16(24)3-5-17)19(13-26)22(31)29-18-12-20(25)21(27-14-18)30-8-6-23(7-9-30)32-10-11-33-23/h2-5,12-14H,6-11,26H2,1H3,(H,29,31). The molecule has 0 aliphatic carbocycles. The first kappa shape index (κ1) is 23.5. The lowest BCUT2D eigenvalue weighted by Crippen LogP contribution is -2.45. The van der Waals surface area contributed by atoms with E-state index < -0.39 is 11.7 Å². The summed E-state index contributed by atoms with van der Waals surface area (Å²) in [6.45, 7) is 4.42. The van der Waals surface area contributed by atoms with Crippen molar-refractivity contribution in [3.63, 3.8) is 0 Å². The predicted molar refractivity (Wildman–Crippen MR) is 130 cm³/mol. The minimum absolute atomic E-state index is 0.239. The van der Waals surface area contributed by atoms with Gasteiger partial charge in [0.05, 0.1) is 47.1 Å². The molecule has 1 amide bonds.